The maximum absolute atomic E-state index is 10.4. The van der Waals surface area contributed by atoms with Crippen LogP contribution in [0.4, 0.5) is 0 Å². The van der Waals surface area contributed by atoms with Crippen LogP contribution < -0.4 is 0 Å². The Bertz CT molecular complexity index is 3900. The maximum Gasteiger partial charge on any atom is 0.161 e. The van der Waals surface area contributed by atoms with Crippen LogP contribution in [0.3, 0.4) is 0 Å². The van der Waals surface area contributed by atoms with Gasteiger partial charge in [0, 0.05) is 23.3 Å². The molecule has 388 valence electrons. The van der Waals surface area contributed by atoms with Gasteiger partial charge in [-0.3, -0.25) is 5.41 Å². The fourth-order valence-electron chi connectivity index (χ4n) is 11.9. The molecule has 3 nitrogen and oxygen atoms in total. The molecule has 80 heavy (non-hydrogen) atoms. The first-order chi connectivity index (χ1) is 38.8. The lowest BCUT2D eigenvalue weighted by Crippen LogP contribution is -2.33. The van der Waals surface area contributed by atoms with E-state index in [9.17, 15) is 5.41 Å². The average molecular weight is 1030 g/mol. The summed E-state index contributed by atoms with van der Waals surface area (Å²) in [4.78, 5) is 10.3. The summed E-state index contributed by atoms with van der Waals surface area (Å²) in [5.74, 6) is 0.278. The number of amidine groups is 2. The van der Waals surface area contributed by atoms with Crippen molar-refractivity contribution in [3.63, 3.8) is 0 Å². The third-order valence-corrected chi connectivity index (χ3v) is 16.1. The van der Waals surface area contributed by atoms with E-state index >= 15 is 0 Å². The Morgan fingerprint density at radius 3 is 1.25 bits per heavy atom. The molecule has 0 amide bonds. The van der Waals surface area contributed by atoms with Crippen LogP contribution in [-0.4, -0.2) is 17.9 Å². The third kappa shape index (κ3) is 9.86. The van der Waals surface area contributed by atoms with Gasteiger partial charge in [-0.2, -0.15) is 0 Å². The van der Waals surface area contributed by atoms with Crippen LogP contribution in [0.5, 0.6) is 0 Å². The number of rotatable bonds is 10. The molecule has 0 fully saturated rings. The lowest BCUT2D eigenvalue weighted by molar-refractivity contribution is 0.587. The molecule has 0 bridgehead atoms. The predicted octanol–water partition coefficient (Wildman–Crippen LogP) is 19.6. The van der Waals surface area contributed by atoms with E-state index in [-0.39, 0.29) is 22.6 Å². The van der Waals surface area contributed by atoms with E-state index in [2.05, 4.69) is 248 Å². The number of nitrogens with zero attached hydrogens (tertiary/aromatic N) is 2. The number of fused-ring (bicyclic) bond motifs is 3. The molecule has 1 atom stereocenters. The second-order valence-electron chi connectivity index (χ2n) is 23.4. The minimum atomic E-state index is -0.930. The van der Waals surface area contributed by atoms with Gasteiger partial charge in [0.25, 0.3) is 0 Å². The van der Waals surface area contributed by atoms with Crippen molar-refractivity contribution in [2.75, 3.05) is 0 Å². The van der Waals surface area contributed by atoms with E-state index in [4.69, 9.17) is 9.98 Å². The molecule has 0 aliphatic heterocycles. The Balaban J connectivity index is 1.22. The highest BCUT2D eigenvalue weighted by Crippen LogP contribution is 2.65. The molecule has 0 spiro atoms. The van der Waals surface area contributed by atoms with Gasteiger partial charge in [0.15, 0.2) is 11.7 Å². The molecular weight excluding hydrogens is 967 g/mol. The predicted molar refractivity (Wildman–Crippen MR) is 338 cm³/mol. The largest absolute Gasteiger partial charge is 0.282 e. The van der Waals surface area contributed by atoms with Gasteiger partial charge < -0.3 is 0 Å². The van der Waals surface area contributed by atoms with Crippen LogP contribution in [0.1, 0.15) is 92.0 Å². The number of hydrogen-bond acceptors (Lipinski definition) is 1. The zero-order valence-corrected chi connectivity index (χ0v) is 46.5. The van der Waals surface area contributed by atoms with Crippen molar-refractivity contribution < 1.29 is 0 Å². The van der Waals surface area contributed by atoms with Crippen LogP contribution in [0.2, 0.25) is 0 Å². The molecule has 1 unspecified atom stereocenters. The van der Waals surface area contributed by atoms with Crippen LogP contribution in [0.25, 0.3) is 61.2 Å². The summed E-state index contributed by atoms with van der Waals surface area (Å²) >= 11 is 0. The standard InChI is InChI=1S/C77H65N3/c1-75(2,3)63-46-65(57-31-19-10-20-32-57)70-67(48-63)68-49-64(76(4,5)6)47-66(58-33-21-11-22-34-58)71(68)72(70)77(62-43-41-56(42-44-62)54-29-17-9-18-30-54)50-61(45-69(77)59-39-37-55(38-40-59)53-27-15-8-16-28-53)73(78)80-74(60-35-23-12-24-36-60)79-51-52-25-13-7-14-26-52/h7-51,72,78H,1-6H3/b78-73?,79-51+,80-74-. The van der Waals surface area contributed by atoms with Gasteiger partial charge in [0.05, 0.1) is 5.41 Å². The van der Waals surface area contributed by atoms with Gasteiger partial charge in [-0.15, -0.1) is 0 Å². The maximum atomic E-state index is 10.4. The van der Waals surface area contributed by atoms with E-state index in [0.717, 1.165) is 55.7 Å². The van der Waals surface area contributed by atoms with Crippen molar-refractivity contribution in [2.45, 2.75) is 63.7 Å². The van der Waals surface area contributed by atoms with Crippen molar-refractivity contribution >= 4 is 23.5 Å². The minimum Gasteiger partial charge on any atom is -0.282 e. The number of hydrogen-bond donors (Lipinski definition) is 1. The fraction of sp³-hybridized carbons (Fsp3) is 0.130. The summed E-state index contributed by atoms with van der Waals surface area (Å²) < 4.78 is 0. The summed E-state index contributed by atoms with van der Waals surface area (Å²) in [7, 11) is 0. The zero-order chi connectivity index (χ0) is 55.0. The number of allylic oxidation sites excluding steroid dienone is 2. The first kappa shape index (κ1) is 51.4. The Morgan fingerprint density at radius 2 is 0.800 bits per heavy atom. The molecule has 12 rings (SSSR count). The number of benzene rings is 10. The SMILES string of the molecule is CC(C)(C)c1cc(-c2ccccc2)c2c(c1)-c1cc(C(C)(C)C)cc(-c3ccccc3)c1C2C1(c2ccc(-c3ccccc3)cc2)C=C(C(=N)/N=C(\N=C\c2ccccc2)c2ccccc2)C=C1c1ccc(-c2ccccc2)cc1. The zero-order valence-electron chi connectivity index (χ0n) is 46.5. The Morgan fingerprint density at radius 1 is 0.425 bits per heavy atom. The second-order valence-corrected chi connectivity index (χ2v) is 23.4. The molecule has 10 aromatic carbocycles. The first-order valence-electron chi connectivity index (χ1n) is 27.9. The normalized spacial score (nSPS) is 15.3. The first-order valence-corrected chi connectivity index (χ1v) is 27.9. The van der Waals surface area contributed by atoms with Crippen LogP contribution >= 0.6 is 0 Å². The monoisotopic (exact) mass is 1030 g/mol. The second kappa shape index (κ2) is 21.1. The van der Waals surface area contributed by atoms with Crippen molar-refractivity contribution in [1.29, 1.82) is 5.41 Å². The Labute approximate surface area is 472 Å². The summed E-state index contributed by atoms with van der Waals surface area (Å²) in [5.41, 5.74) is 21.5. The molecular formula is C77H65N3. The van der Waals surface area contributed by atoms with Crippen molar-refractivity contribution in [3.05, 3.63) is 317 Å². The van der Waals surface area contributed by atoms with Gasteiger partial charge in [-0.05, 0) is 117 Å². The highest BCUT2D eigenvalue weighted by molar-refractivity contribution is 6.16. The highest BCUT2D eigenvalue weighted by atomic mass is 15.0. The van der Waals surface area contributed by atoms with E-state index < -0.39 is 5.41 Å². The summed E-state index contributed by atoms with van der Waals surface area (Å²) in [6.07, 6.45) is 6.52. The minimum absolute atomic E-state index is 0.131. The van der Waals surface area contributed by atoms with E-state index in [1.54, 1.807) is 0 Å². The lowest BCUT2D eigenvalue weighted by Gasteiger charge is -2.41. The Kier molecular flexibility index (Phi) is 13.6. The smallest absolute Gasteiger partial charge is 0.161 e. The molecule has 3 heteroatoms. The molecule has 0 saturated carbocycles. The Hall–Kier alpha value is -9.31. The fourth-order valence-corrected chi connectivity index (χ4v) is 11.9. The van der Waals surface area contributed by atoms with Crippen molar-refractivity contribution in [2.24, 2.45) is 9.98 Å². The molecule has 0 saturated heterocycles. The van der Waals surface area contributed by atoms with Crippen molar-refractivity contribution in [1.82, 2.24) is 0 Å². The van der Waals surface area contributed by atoms with Crippen LogP contribution in [0, 0.1) is 5.41 Å². The average Bonchev–Trinajstić information content (AvgIpc) is 4.25. The molecule has 2 aliphatic rings. The lowest BCUT2D eigenvalue weighted by atomic mass is 9.60. The highest BCUT2D eigenvalue weighted by Gasteiger charge is 2.53. The molecule has 1 N–H and O–H groups in total. The summed E-state index contributed by atoms with van der Waals surface area (Å²) in [5, 5.41) is 10.4. The summed E-state index contributed by atoms with van der Waals surface area (Å²) in [6.45, 7) is 14.0. The van der Waals surface area contributed by atoms with Gasteiger partial charge in [-0.25, -0.2) is 9.98 Å². The third-order valence-electron chi connectivity index (χ3n) is 16.1. The van der Waals surface area contributed by atoms with Gasteiger partial charge in [0.1, 0.15) is 0 Å². The van der Waals surface area contributed by atoms with Gasteiger partial charge in [0.2, 0.25) is 0 Å². The quantitative estimate of drug-likeness (QED) is 0.105. The summed E-state index contributed by atoms with van der Waals surface area (Å²) in [6, 6.07) is 91.8. The topological polar surface area (TPSA) is 48.6 Å². The molecule has 10 aromatic rings. The number of nitrogens with one attached hydrogen (secondary N) is 1. The van der Waals surface area contributed by atoms with Gasteiger partial charge >= 0.3 is 0 Å². The van der Waals surface area contributed by atoms with E-state index in [1.165, 1.54) is 55.6 Å². The molecule has 0 heterocycles. The van der Waals surface area contributed by atoms with Crippen LogP contribution in [-0.2, 0) is 16.2 Å². The number of aliphatic imine (C=N–C) groups is 2. The molecule has 0 aromatic heterocycles. The van der Waals surface area contributed by atoms with Crippen LogP contribution in [0.15, 0.2) is 282 Å². The van der Waals surface area contributed by atoms with E-state index in [0.29, 0.717) is 5.84 Å². The van der Waals surface area contributed by atoms with E-state index in [1.807, 2.05) is 66.9 Å². The van der Waals surface area contributed by atoms with Gasteiger partial charge in [-0.1, -0.05) is 302 Å². The van der Waals surface area contributed by atoms with Crippen molar-refractivity contribution in [3.8, 4) is 55.6 Å². The molecule has 0 radical (unpaired) electrons. The molecule has 2 aliphatic carbocycles.